The van der Waals surface area contributed by atoms with Crippen LogP contribution in [0.2, 0.25) is 0 Å². The van der Waals surface area contributed by atoms with Gasteiger partial charge in [-0.3, -0.25) is 0 Å². The van der Waals surface area contributed by atoms with Gasteiger partial charge in [0.2, 0.25) is 0 Å². The molecule has 2 heterocycles. The summed E-state index contributed by atoms with van der Waals surface area (Å²) in [4.78, 5) is 0. The van der Waals surface area contributed by atoms with Gasteiger partial charge >= 0.3 is 0 Å². The molecule has 248 valence electrons. The summed E-state index contributed by atoms with van der Waals surface area (Å²) in [5, 5.41) is 13.2. The minimum absolute atomic E-state index is 0.0264. The second-order valence-corrected chi connectivity index (χ2v) is 17.3. The molecular formula is C51H32S2. The van der Waals surface area contributed by atoms with Gasteiger partial charge in [0.1, 0.15) is 0 Å². The van der Waals surface area contributed by atoms with Crippen molar-refractivity contribution in [3.63, 3.8) is 0 Å². The maximum absolute atomic E-state index is 2.49. The topological polar surface area (TPSA) is 0 Å². The largest absolute Gasteiger partial charge is 0.135 e. The normalized spacial score (nSPS) is 13.6. The molecule has 0 N–H and O–H groups in total. The van der Waals surface area contributed by atoms with Gasteiger partial charge in [-0.2, -0.15) is 0 Å². The Kier molecular flexibility index (Phi) is 5.97. The SMILES string of the molecule is CC1(C)c2ccccc2-c2cc(-c3c4ccccc4c(-c4c5sc6ccc7ccccc7c6c5cc5sc6ccccc6c45)c4ccccc34)ccc21. The molecule has 2 aromatic heterocycles. The first kappa shape index (κ1) is 29.7. The summed E-state index contributed by atoms with van der Waals surface area (Å²) in [7, 11) is 0. The Morgan fingerprint density at radius 1 is 0.377 bits per heavy atom. The van der Waals surface area contributed by atoms with Crippen molar-refractivity contribution in [3.05, 3.63) is 169 Å². The van der Waals surface area contributed by atoms with Crippen molar-refractivity contribution in [3.8, 4) is 33.4 Å². The molecule has 0 saturated heterocycles. The molecular weight excluding hydrogens is 677 g/mol. The van der Waals surface area contributed by atoms with Gasteiger partial charge in [0.15, 0.2) is 0 Å². The minimum atomic E-state index is -0.0264. The summed E-state index contributed by atoms with van der Waals surface area (Å²) in [5.74, 6) is 0. The number of hydrogen-bond acceptors (Lipinski definition) is 2. The third kappa shape index (κ3) is 3.95. The van der Waals surface area contributed by atoms with E-state index in [2.05, 4.69) is 172 Å². The van der Waals surface area contributed by atoms with Gasteiger partial charge in [0.05, 0.1) is 0 Å². The first-order valence-corrected chi connectivity index (χ1v) is 20.1. The summed E-state index contributed by atoms with van der Waals surface area (Å²) in [5.41, 5.74) is 10.8. The molecule has 0 spiro atoms. The van der Waals surface area contributed by atoms with Gasteiger partial charge in [0.25, 0.3) is 0 Å². The molecule has 9 aromatic carbocycles. The first-order valence-electron chi connectivity index (χ1n) is 18.4. The lowest BCUT2D eigenvalue weighted by atomic mass is 9.81. The van der Waals surface area contributed by atoms with Crippen LogP contribution in [0.4, 0.5) is 0 Å². The fraction of sp³-hybridized carbons (Fsp3) is 0.0588. The highest BCUT2D eigenvalue weighted by molar-refractivity contribution is 7.28. The zero-order valence-electron chi connectivity index (χ0n) is 29.3. The predicted molar refractivity (Wildman–Crippen MR) is 233 cm³/mol. The maximum atomic E-state index is 2.49. The van der Waals surface area contributed by atoms with Crippen LogP contribution in [0.1, 0.15) is 25.0 Å². The molecule has 12 rings (SSSR count). The zero-order chi connectivity index (χ0) is 35.0. The number of thiophene rings is 2. The lowest BCUT2D eigenvalue weighted by Crippen LogP contribution is -2.14. The smallest absolute Gasteiger partial charge is 0.0441 e. The van der Waals surface area contributed by atoms with E-state index in [1.165, 1.54) is 117 Å². The molecule has 11 aromatic rings. The standard InChI is InChI=1S/C51H32S2/c1-51(2)40-21-11-9-15-32(40)38-27-30(23-25-41(38)51)45-33-16-5-7-18-35(33)47(36-19-8-6-17-34(36)45)49-48-37-20-10-12-22-42(37)52-44(48)28-39-46-31-14-4-3-13-29(31)24-26-43(46)53-50(39)49/h3-28H,1-2H3. The van der Waals surface area contributed by atoms with Gasteiger partial charge < -0.3 is 0 Å². The minimum Gasteiger partial charge on any atom is -0.135 e. The van der Waals surface area contributed by atoms with Crippen LogP contribution in [0, 0.1) is 0 Å². The molecule has 53 heavy (non-hydrogen) atoms. The Hall–Kier alpha value is -5.80. The van der Waals surface area contributed by atoms with Gasteiger partial charge in [0, 0.05) is 51.3 Å². The third-order valence-corrected chi connectivity index (χ3v) is 14.4. The fourth-order valence-corrected chi connectivity index (χ4v) is 12.1. The molecule has 0 saturated carbocycles. The van der Waals surface area contributed by atoms with E-state index in [-0.39, 0.29) is 5.41 Å². The Morgan fingerprint density at radius 2 is 1.00 bits per heavy atom. The molecule has 0 nitrogen and oxygen atoms in total. The van der Waals surface area contributed by atoms with Crippen LogP contribution in [-0.4, -0.2) is 0 Å². The van der Waals surface area contributed by atoms with E-state index >= 15 is 0 Å². The monoisotopic (exact) mass is 708 g/mol. The highest BCUT2D eigenvalue weighted by Crippen LogP contribution is 2.55. The quantitative estimate of drug-likeness (QED) is 0.157. The first-order chi connectivity index (χ1) is 26.1. The average molecular weight is 709 g/mol. The van der Waals surface area contributed by atoms with Crippen LogP contribution in [0.5, 0.6) is 0 Å². The van der Waals surface area contributed by atoms with Crippen LogP contribution in [0.25, 0.3) is 106 Å². The van der Waals surface area contributed by atoms with Crippen molar-refractivity contribution >= 4 is 95.3 Å². The molecule has 1 aliphatic rings. The highest BCUT2D eigenvalue weighted by atomic mass is 32.1. The van der Waals surface area contributed by atoms with Crippen molar-refractivity contribution in [2.75, 3.05) is 0 Å². The summed E-state index contributed by atoms with van der Waals surface area (Å²) in [6, 6.07) is 59.6. The molecule has 0 unspecified atom stereocenters. The Labute approximate surface area is 315 Å². The molecule has 0 fully saturated rings. The van der Waals surface area contributed by atoms with Gasteiger partial charge in [-0.25, -0.2) is 0 Å². The van der Waals surface area contributed by atoms with Crippen molar-refractivity contribution < 1.29 is 0 Å². The highest BCUT2D eigenvalue weighted by Gasteiger charge is 2.35. The van der Waals surface area contributed by atoms with Gasteiger partial charge in [-0.1, -0.05) is 147 Å². The summed E-state index contributed by atoms with van der Waals surface area (Å²) >= 11 is 3.88. The summed E-state index contributed by atoms with van der Waals surface area (Å²) in [6.07, 6.45) is 0. The van der Waals surface area contributed by atoms with E-state index in [0.717, 1.165) is 0 Å². The van der Waals surface area contributed by atoms with Crippen molar-refractivity contribution in [2.24, 2.45) is 0 Å². The molecule has 0 bridgehead atoms. The van der Waals surface area contributed by atoms with Crippen LogP contribution in [0.3, 0.4) is 0 Å². The number of rotatable bonds is 2. The van der Waals surface area contributed by atoms with Crippen LogP contribution < -0.4 is 0 Å². The molecule has 2 heteroatoms. The Balaban J connectivity index is 1.25. The summed E-state index contributed by atoms with van der Waals surface area (Å²) < 4.78 is 5.39. The van der Waals surface area contributed by atoms with E-state index in [9.17, 15) is 0 Å². The van der Waals surface area contributed by atoms with Gasteiger partial charge in [-0.15, -0.1) is 22.7 Å². The second-order valence-electron chi connectivity index (χ2n) is 15.1. The summed E-state index contributed by atoms with van der Waals surface area (Å²) in [6.45, 7) is 4.73. The number of benzene rings is 9. The molecule has 0 amide bonds. The molecule has 1 aliphatic carbocycles. The van der Waals surface area contributed by atoms with Crippen LogP contribution in [-0.2, 0) is 5.41 Å². The van der Waals surface area contributed by atoms with Crippen molar-refractivity contribution in [1.82, 2.24) is 0 Å². The maximum Gasteiger partial charge on any atom is 0.0441 e. The number of hydrogen-bond donors (Lipinski definition) is 0. The van der Waals surface area contributed by atoms with E-state index in [4.69, 9.17) is 0 Å². The Morgan fingerprint density at radius 3 is 1.77 bits per heavy atom. The third-order valence-electron chi connectivity index (χ3n) is 12.0. The van der Waals surface area contributed by atoms with Crippen LogP contribution >= 0.6 is 22.7 Å². The molecule has 0 atom stereocenters. The van der Waals surface area contributed by atoms with Crippen molar-refractivity contribution in [2.45, 2.75) is 19.3 Å². The van der Waals surface area contributed by atoms with E-state index in [1.807, 2.05) is 22.7 Å². The average Bonchev–Trinajstić information content (AvgIpc) is 3.84. The lowest BCUT2D eigenvalue weighted by molar-refractivity contribution is 0.660. The van der Waals surface area contributed by atoms with E-state index < -0.39 is 0 Å². The fourth-order valence-electron chi connectivity index (χ4n) is 9.71. The Bertz CT molecular complexity index is 3310. The number of fused-ring (bicyclic) bond motifs is 13. The van der Waals surface area contributed by atoms with Gasteiger partial charge in [-0.05, 0) is 95.5 Å². The predicted octanol–water partition coefficient (Wildman–Crippen LogP) is 15.5. The lowest BCUT2D eigenvalue weighted by Gasteiger charge is -2.22. The zero-order valence-corrected chi connectivity index (χ0v) is 31.0. The van der Waals surface area contributed by atoms with E-state index in [1.54, 1.807) is 0 Å². The second kappa shape index (κ2) is 10.6. The van der Waals surface area contributed by atoms with Crippen LogP contribution in [0.15, 0.2) is 158 Å². The van der Waals surface area contributed by atoms with Crippen molar-refractivity contribution in [1.29, 1.82) is 0 Å². The molecule has 0 radical (unpaired) electrons. The molecule has 0 aliphatic heterocycles. The van der Waals surface area contributed by atoms with E-state index in [0.29, 0.717) is 0 Å².